The number of aliphatic imine (C=N–C) groups is 1. The van der Waals surface area contributed by atoms with Crippen LogP contribution in [-0.2, 0) is 22.4 Å². The molecule has 0 aliphatic carbocycles. The number of anilines is 2. The summed E-state index contributed by atoms with van der Waals surface area (Å²) in [6, 6.07) is 14.5. The van der Waals surface area contributed by atoms with Gasteiger partial charge in [-0.1, -0.05) is 47.5 Å². The van der Waals surface area contributed by atoms with Crippen LogP contribution in [0.5, 0.6) is 0 Å². The second-order valence-electron chi connectivity index (χ2n) is 7.72. The van der Waals surface area contributed by atoms with Gasteiger partial charge in [0, 0.05) is 33.3 Å². The Hall–Kier alpha value is -3.22. The summed E-state index contributed by atoms with van der Waals surface area (Å²) in [4.78, 5) is 29.5. The summed E-state index contributed by atoms with van der Waals surface area (Å²) in [5, 5.41) is 6.27. The van der Waals surface area contributed by atoms with Gasteiger partial charge in [-0.2, -0.15) is 0 Å². The van der Waals surface area contributed by atoms with E-state index in [9.17, 15) is 14.0 Å². The first-order valence-corrected chi connectivity index (χ1v) is 10.7. The maximum Gasteiger partial charge on any atom is 0.249 e. The summed E-state index contributed by atoms with van der Waals surface area (Å²) in [5.74, 6) is -1.16. The largest absolute Gasteiger partial charge is 0.326 e. The van der Waals surface area contributed by atoms with E-state index >= 15 is 0 Å². The zero-order valence-corrected chi connectivity index (χ0v) is 18.1. The zero-order chi connectivity index (χ0) is 22.4. The van der Waals surface area contributed by atoms with Crippen molar-refractivity contribution in [3.05, 3.63) is 92.7 Å². The Morgan fingerprint density at radius 1 is 0.969 bits per heavy atom. The molecular weight excluding hydrogens is 452 g/mol. The third-order valence-electron chi connectivity index (χ3n) is 5.50. The van der Waals surface area contributed by atoms with Gasteiger partial charge in [0.15, 0.2) is 0 Å². The van der Waals surface area contributed by atoms with Crippen LogP contribution in [0.15, 0.2) is 59.6 Å². The summed E-state index contributed by atoms with van der Waals surface area (Å²) in [6.07, 6.45) is 0.607. The van der Waals surface area contributed by atoms with Crippen LogP contribution in [0.4, 0.5) is 15.8 Å². The minimum Gasteiger partial charge on any atom is -0.326 e. The second kappa shape index (κ2) is 8.04. The molecule has 3 aromatic carbocycles. The number of amides is 2. The smallest absolute Gasteiger partial charge is 0.249 e. The van der Waals surface area contributed by atoms with Gasteiger partial charge in [0.25, 0.3) is 0 Å². The number of hydrogen-bond donors (Lipinski definition) is 2. The lowest BCUT2D eigenvalue weighted by Crippen LogP contribution is -2.27. The van der Waals surface area contributed by atoms with Crippen molar-refractivity contribution in [3.63, 3.8) is 0 Å². The van der Waals surface area contributed by atoms with Crippen molar-refractivity contribution in [1.29, 1.82) is 0 Å². The molecule has 32 heavy (non-hydrogen) atoms. The first kappa shape index (κ1) is 20.7. The molecule has 2 heterocycles. The molecule has 2 aliphatic heterocycles. The fourth-order valence-electron chi connectivity index (χ4n) is 3.95. The highest BCUT2D eigenvalue weighted by Crippen LogP contribution is 2.33. The molecule has 0 aromatic heterocycles. The van der Waals surface area contributed by atoms with Crippen molar-refractivity contribution in [2.24, 2.45) is 4.99 Å². The average molecular weight is 468 g/mol. The van der Waals surface area contributed by atoms with Crippen molar-refractivity contribution in [1.82, 2.24) is 0 Å². The van der Waals surface area contributed by atoms with Gasteiger partial charge in [-0.15, -0.1) is 0 Å². The lowest BCUT2D eigenvalue weighted by Gasteiger charge is -2.12. The minimum absolute atomic E-state index is 0.0290. The average Bonchev–Trinajstić information content (AvgIpc) is 3.06. The quantitative estimate of drug-likeness (QED) is 0.566. The second-order valence-corrected chi connectivity index (χ2v) is 8.59. The molecule has 2 amide bonds. The fourth-order valence-corrected chi connectivity index (χ4v) is 4.28. The molecule has 5 rings (SSSR count). The van der Waals surface area contributed by atoms with Crippen molar-refractivity contribution in [2.75, 3.05) is 10.6 Å². The third kappa shape index (κ3) is 3.87. The molecule has 8 heteroatoms. The van der Waals surface area contributed by atoms with E-state index in [-0.39, 0.29) is 16.6 Å². The zero-order valence-electron chi connectivity index (χ0n) is 16.6. The molecule has 5 nitrogen and oxygen atoms in total. The Morgan fingerprint density at radius 2 is 1.75 bits per heavy atom. The molecule has 1 atom stereocenters. The van der Waals surface area contributed by atoms with Crippen LogP contribution in [0.25, 0.3) is 0 Å². The van der Waals surface area contributed by atoms with Crippen LogP contribution in [0, 0.1) is 5.82 Å². The van der Waals surface area contributed by atoms with Gasteiger partial charge < -0.3 is 10.6 Å². The summed E-state index contributed by atoms with van der Waals surface area (Å²) < 4.78 is 14.8. The maximum atomic E-state index is 14.8. The van der Waals surface area contributed by atoms with Crippen molar-refractivity contribution < 1.29 is 14.0 Å². The molecule has 0 spiro atoms. The molecule has 0 bridgehead atoms. The van der Waals surface area contributed by atoms with Crippen molar-refractivity contribution in [2.45, 2.75) is 18.9 Å². The van der Waals surface area contributed by atoms with E-state index in [1.54, 1.807) is 24.3 Å². The van der Waals surface area contributed by atoms with Gasteiger partial charge in [-0.25, -0.2) is 4.39 Å². The summed E-state index contributed by atoms with van der Waals surface area (Å²) in [6.45, 7) is 0. The highest BCUT2D eigenvalue weighted by molar-refractivity contribution is 6.32. The maximum absolute atomic E-state index is 14.8. The number of nitrogens with zero attached hydrogens (tertiary/aromatic N) is 1. The predicted molar refractivity (Wildman–Crippen MR) is 123 cm³/mol. The molecule has 1 unspecified atom stereocenters. The number of carbonyl (C=O) groups excluding carboxylic acids is 2. The van der Waals surface area contributed by atoms with E-state index in [1.165, 1.54) is 0 Å². The Morgan fingerprint density at radius 3 is 2.53 bits per heavy atom. The fraction of sp³-hybridized carbons (Fsp3) is 0.125. The van der Waals surface area contributed by atoms with Gasteiger partial charge in [0.2, 0.25) is 11.8 Å². The minimum atomic E-state index is -0.806. The van der Waals surface area contributed by atoms with E-state index < -0.39 is 17.8 Å². The van der Waals surface area contributed by atoms with Gasteiger partial charge in [-0.3, -0.25) is 14.6 Å². The van der Waals surface area contributed by atoms with Gasteiger partial charge in [0.05, 0.1) is 17.8 Å². The molecule has 2 aliphatic rings. The first-order chi connectivity index (χ1) is 15.4. The number of nitrogens with one attached hydrogen (secondary N) is 2. The topological polar surface area (TPSA) is 70.6 Å². The number of benzene rings is 3. The van der Waals surface area contributed by atoms with Gasteiger partial charge >= 0.3 is 0 Å². The van der Waals surface area contributed by atoms with E-state index in [0.29, 0.717) is 40.4 Å². The Labute approximate surface area is 193 Å². The number of hydrogen-bond acceptors (Lipinski definition) is 3. The molecule has 160 valence electrons. The van der Waals surface area contributed by atoms with E-state index in [4.69, 9.17) is 28.2 Å². The third-order valence-corrected chi connectivity index (χ3v) is 5.97. The molecule has 0 saturated heterocycles. The molecule has 0 saturated carbocycles. The van der Waals surface area contributed by atoms with Crippen LogP contribution in [-0.4, -0.2) is 23.6 Å². The lowest BCUT2D eigenvalue weighted by atomic mass is 9.98. The van der Waals surface area contributed by atoms with Crippen molar-refractivity contribution >= 4 is 52.1 Å². The predicted octanol–water partition coefficient (Wildman–Crippen LogP) is 5.03. The van der Waals surface area contributed by atoms with E-state index in [1.807, 2.05) is 24.3 Å². The Kier molecular flexibility index (Phi) is 5.19. The molecular formula is C24H16Cl2FN3O2. The number of carbonyl (C=O) groups is 2. The van der Waals surface area contributed by atoms with E-state index in [0.717, 1.165) is 17.2 Å². The Balaban J connectivity index is 1.64. The number of benzodiazepines with no additional fused rings is 1. The Bertz CT molecular complexity index is 1310. The number of halogens is 3. The van der Waals surface area contributed by atoms with Gasteiger partial charge in [-0.05, 0) is 41.5 Å². The lowest BCUT2D eigenvalue weighted by molar-refractivity contribution is -0.117. The van der Waals surface area contributed by atoms with Crippen LogP contribution < -0.4 is 10.6 Å². The molecule has 0 radical (unpaired) electrons. The molecule has 0 fully saturated rings. The normalized spacial score (nSPS) is 17.1. The molecule has 2 N–H and O–H groups in total. The number of fused-ring (bicyclic) bond motifs is 2. The number of rotatable bonds is 3. The highest BCUT2D eigenvalue weighted by Gasteiger charge is 2.29. The summed E-state index contributed by atoms with van der Waals surface area (Å²) in [7, 11) is 0. The summed E-state index contributed by atoms with van der Waals surface area (Å²) >= 11 is 12.1. The van der Waals surface area contributed by atoms with Crippen LogP contribution in [0.1, 0.15) is 22.3 Å². The van der Waals surface area contributed by atoms with Gasteiger partial charge in [0.1, 0.15) is 11.9 Å². The van der Waals surface area contributed by atoms with Crippen molar-refractivity contribution in [3.8, 4) is 0 Å². The van der Waals surface area contributed by atoms with Crippen LogP contribution >= 0.6 is 23.2 Å². The van der Waals surface area contributed by atoms with E-state index in [2.05, 4.69) is 10.6 Å². The highest BCUT2D eigenvalue weighted by atomic mass is 35.5. The first-order valence-electron chi connectivity index (χ1n) is 9.93. The molecule has 3 aromatic rings. The monoisotopic (exact) mass is 467 g/mol. The van der Waals surface area contributed by atoms with Crippen LogP contribution in [0.2, 0.25) is 10.0 Å². The SMILES string of the molecule is O=C1Cc2ccc(C3=NC(Cc4ccc(Cl)cc4)C(=O)Nc4c(F)cc(Cl)cc43)cc2N1. The standard InChI is InChI=1S/C24H16Cl2FN3O2/c25-15-5-1-12(2-6-15)7-20-24(32)30-23-17(10-16(26)11-18(23)27)22(29-20)14-4-3-13-9-21(31)28-19(13)8-14/h1-6,8,10-11,20H,7,9H2,(H,28,31)(H,30,32). The summed E-state index contributed by atoms with van der Waals surface area (Å²) in [5.41, 5.74) is 3.89. The van der Waals surface area contributed by atoms with Crippen LogP contribution in [0.3, 0.4) is 0 Å².